The summed E-state index contributed by atoms with van der Waals surface area (Å²) in [6.07, 6.45) is 5.65. The third-order valence-corrected chi connectivity index (χ3v) is 2.98. The number of hydrogen-bond acceptors (Lipinski definition) is 4. The van der Waals surface area contributed by atoms with Gasteiger partial charge in [0.05, 0.1) is 6.20 Å². The van der Waals surface area contributed by atoms with Gasteiger partial charge in [0, 0.05) is 38.1 Å². The van der Waals surface area contributed by atoms with Crippen molar-refractivity contribution in [2.24, 2.45) is 5.73 Å². The average Bonchev–Trinajstić information content (AvgIpc) is 2.45. The van der Waals surface area contributed by atoms with Crippen LogP contribution in [0.3, 0.4) is 0 Å². The summed E-state index contributed by atoms with van der Waals surface area (Å²) in [6, 6.07) is 5.40. The molecule has 19 heavy (non-hydrogen) atoms. The van der Waals surface area contributed by atoms with E-state index in [0.717, 1.165) is 24.3 Å². The SMILES string of the molecule is CN(CCc1ccncc1)c1ncc(F)cc1CN. The van der Waals surface area contributed by atoms with Crippen LogP contribution >= 0.6 is 0 Å². The monoisotopic (exact) mass is 260 g/mol. The molecule has 0 aliphatic heterocycles. The first-order valence-corrected chi connectivity index (χ1v) is 6.15. The van der Waals surface area contributed by atoms with Gasteiger partial charge >= 0.3 is 0 Å². The molecule has 0 atom stereocenters. The highest BCUT2D eigenvalue weighted by atomic mass is 19.1. The van der Waals surface area contributed by atoms with Crippen molar-refractivity contribution in [3.8, 4) is 0 Å². The van der Waals surface area contributed by atoms with Gasteiger partial charge in [0.15, 0.2) is 0 Å². The van der Waals surface area contributed by atoms with Crippen LogP contribution in [0.4, 0.5) is 10.2 Å². The molecule has 0 unspecified atom stereocenters. The van der Waals surface area contributed by atoms with Crippen LogP contribution in [0.15, 0.2) is 36.8 Å². The molecule has 5 heteroatoms. The molecule has 0 saturated heterocycles. The van der Waals surface area contributed by atoms with Gasteiger partial charge in [-0.15, -0.1) is 0 Å². The highest BCUT2D eigenvalue weighted by Gasteiger charge is 2.09. The van der Waals surface area contributed by atoms with Gasteiger partial charge < -0.3 is 10.6 Å². The predicted molar refractivity (Wildman–Crippen MR) is 73.3 cm³/mol. The van der Waals surface area contributed by atoms with Crippen molar-refractivity contribution in [3.63, 3.8) is 0 Å². The van der Waals surface area contributed by atoms with E-state index in [4.69, 9.17) is 5.73 Å². The van der Waals surface area contributed by atoms with E-state index in [2.05, 4.69) is 9.97 Å². The van der Waals surface area contributed by atoms with Crippen molar-refractivity contribution in [1.29, 1.82) is 0 Å². The largest absolute Gasteiger partial charge is 0.359 e. The molecule has 0 amide bonds. The molecule has 0 fully saturated rings. The Hall–Kier alpha value is -2.01. The van der Waals surface area contributed by atoms with E-state index >= 15 is 0 Å². The van der Waals surface area contributed by atoms with Crippen LogP contribution in [0.2, 0.25) is 0 Å². The molecule has 2 N–H and O–H groups in total. The number of nitrogens with zero attached hydrogens (tertiary/aromatic N) is 3. The molecule has 2 heterocycles. The van der Waals surface area contributed by atoms with Gasteiger partial charge in [0.25, 0.3) is 0 Å². The predicted octanol–water partition coefficient (Wildman–Crippen LogP) is 1.75. The van der Waals surface area contributed by atoms with Crippen LogP contribution in [-0.4, -0.2) is 23.6 Å². The second kappa shape index (κ2) is 6.24. The lowest BCUT2D eigenvalue weighted by atomic mass is 10.2. The molecule has 0 bridgehead atoms. The summed E-state index contributed by atoms with van der Waals surface area (Å²) in [6.45, 7) is 1.06. The standard InChI is InChI=1S/C14H17FN4/c1-19(7-4-11-2-5-17-6-3-11)14-12(9-16)8-13(15)10-18-14/h2-3,5-6,8,10H,4,7,9,16H2,1H3. The van der Waals surface area contributed by atoms with E-state index in [-0.39, 0.29) is 12.4 Å². The van der Waals surface area contributed by atoms with Gasteiger partial charge in [-0.25, -0.2) is 9.37 Å². The Bertz CT molecular complexity index is 530. The summed E-state index contributed by atoms with van der Waals surface area (Å²) in [4.78, 5) is 10.1. The molecule has 0 aliphatic carbocycles. The number of nitrogens with two attached hydrogens (primary N) is 1. The summed E-state index contributed by atoms with van der Waals surface area (Å²) >= 11 is 0. The molecule has 2 aromatic rings. The second-order valence-corrected chi connectivity index (χ2v) is 4.37. The maximum Gasteiger partial charge on any atom is 0.141 e. The summed E-state index contributed by atoms with van der Waals surface area (Å²) in [5.41, 5.74) is 7.55. The quantitative estimate of drug-likeness (QED) is 0.890. The van der Waals surface area contributed by atoms with Gasteiger partial charge in [-0.05, 0) is 30.2 Å². The van der Waals surface area contributed by atoms with Gasteiger partial charge in [-0.2, -0.15) is 0 Å². The van der Waals surface area contributed by atoms with Crippen molar-refractivity contribution in [1.82, 2.24) is 9.97 Å². The second-order valence-electron chi connectivity index (χ2n) is 4.37. The molecular weight excluding hydrogens is 243 g/mol. The lowest BCUT2D eigenvalue weighted by Crippen LogP contribution is -2.23. The lowest BCUT2D eigenvalue weighted by Gasteiger charge is -2.20. The maximum absolute atomic E-state index is 13.1. The molecule has 100 valence electrons. The van der Waals surface area contributed by atoms with E-state index in [1.807, 2.05) is 24.1 Å². The lowest BCUT2D eigenvalue weighted by molar-refractivity contribution is 0.617. The zero-order chi connectivity index (χ0) is 13.7. The first-order chi connectivity index (χ1) is 9.20. The number of anilines is 1. The van der Waals surface area contributed by atoms with E-state index in [9.17, 15) is 4.39 Å². The summed E-state index contributed by atoms with van der Waals surface area (Å²) in [5.74, 6) is 0.379. The smallest absolute Gasteiger partial charge is 0.141 e. The maximum atomic E-state index is 13.1. The van der Waals surface area contributed by atoms with E-state index in [0.29, 0.717) is 0 Å². The Balaban J connectivity index is 2.05. The molecule has 0 aromatic carbocycles. The van der Waals surface area contributed by atoms with Crippen molar-refractivity contribution >= 4 is 5.82 Å². The van der Waals surface area contributed by atoms with Crippen LogP contribution in [0.25, 0.3) is 0 Å². The molecule has 4 nitrogen and oxygen atoms in total. The molecule has 2 aromatic heterocycles. The van der Waals surface area contributed by atoms with Crippen LogP contribution in [0, 0.1) is 5.82 Å². The Kier molecular flexibility index (Phi) is 4.41. The van der Waals surface area contributed by atoms with E-state index < -0.39 is 0 Å². The Morgan fingerprint density at radius 1 is 1.32 bits per heavy atom. The van der Waals surface area contributed by atoms with Gasteiger partial charge in [-0.1, -0.05) is 0 Å². The van der Waals surface area contributed by atoms with Crippen LogP contribution in [0.1, 0.15) is 11.1 Å². The molecular formula is C14H17FN4. The van der Waals surface area contributed by atoms with Crippen molar-refractivity contribution in [2.75, 3.05) is 18.5 Å². The van der Waals surface area contributed by atoms with Crippen molar-refractivity contribution < 1.29 is 4.39 Å². The summed E-state index contributed by atoms with van der Waals surface area (Å²) < 4.78 is 13.1. The summed E-state index contributed by atoms with van der Waals surface area (Å²) in [5, 5.41) is 0. The van der Waals surface area contributed by atoms with Crippen molar-refractivity contribution in [2.45, 2.75) is 13.0 Å². The van der Waals surface area contributed by atoms with E-state index in [1.54, 1.807) is 12.4 Å². The van der Waals surface area contributed by atoms with Gasteiger partial charge in [0.2, 0.25) is 0 Å². The molecule has 0 spiro atoms. The number of halogens is 1. The van der Waals surface area contributed by atoms with E-state index in [1.165, 1.54) is 17.8 Å². The Morgan fingerprint density at radius 3 is 2.74 bits per heavy atom. The molecule has 0 radical (unpaired) electrons. The molecule has 2 rings (SSSR count). The topological polar surface area (TPSA) is 55.0 Å². The molecule has 0 saturated carbocycles. The fourth-order valence-corrected chi connectivity index (χ4v) is 1.92. The van der Waals surface area contributed by atoms with Crippen LogP contribution < -0.4 is 10.6 Å². The van der Waals surface area contributed by atoms with Crippen molar-refractivity contribution in [3.05, 3.63) is 53.7 Å². The zero-order valence-corrected chi connectivity index (χ0v) is 10.9. The van der Waals surface area contributed by atoms with Gasteiger partial charge in [0.1, 0.15) is 11.6 Å². The fraction of sp³-hybridized carbons (Fsp3) is 0.286. The average molecular weight is 260 g/mol. The third-order valence-electron chi connectivity index (χ3n) is 2.98. The fourth-order valence-electron chi connectivity index (χ4n) is 1.92. The normalized spacial score (nSPS) is 10.5. The third kappa shape index (κ3) is 3.48. The number of aromatic nitrogens is 2. The number of likely N-dealkylation sites (N-methyl/N-ethyl adjacent to an activating group) is 1. The highest BCUT2D eigenvalue weighted by molar-refractivity contribution is 5.46. The summed E-state index contributed by atoms with van der Waals surface area (Å²) in [7, 11) is 1.93. The minimum absolute atomic E-state index is 0.277. The zero-order valence-electron chi connectivity index (χ0n) is 10.9. The van der Waals surface area contributed by atoms with Crippen LogP contribution in [0.5, 0.6) is 0 Å². The first-order valence-electron chi connectivity index (χ1n) is 6.15. The molecule has 0 aliphatic rings. The van der Waals surface area contributed by atoms with Crippen LogP contribution in [-0.2, 0) is 13.0 Å². The minimum atomic E-state index is -0.355. The Morgan fingerprint density at radius 2 is 2.05 bits per heavy atom. The number of hydrogen-bond donors (Lipinski definition) is 1. The minimum Gasteiger partial charge on any atom is -0.359 e. The number of rotatable bonds is 5. The highest BCUT2D eigenvalue weighted by Crippen LogP contribution is 2.17. The Labute approximate surface area is 112 Å². The first kappa shape index (κ1) is 13.4. The number of pyridine rings is 2. The van der Waals surface area contributed by atoms with Gasteiger partial charge in [-0.3, -0.25) is 4.98 Å².